The number of pyridine rings is 1. The number of nitrogens with zero attached hydrogens (tertiary/aromatic N) is 2. The number of fused-ring (bicyclic) bond motifs is 1. The third kappa shape index (κ3) is 3.25. The van der Waals surface area contributed by atoms with Crippen molar-refractivity contribution in [2.24, 2.45) is 5.73 Å². The number of carbonyl (C=O) groups is 1. The lowest BCUT2D eigenvalue weighted by Crippen LogP contribution is -2.51. The molecule has 2 aliphatic rings. The molecular weight excluding hydrogens is 334 g/mol. The minimum absolute atomic E-state index is 0.0242. The Bertz CT molecular complexity index is 816. The fourth-order valence-electron chi connectivity index (χ4n) is 3.89. The van der Waals surface area contributed by atoms with Gasteiger partial charge in [-0.1, -0.05) is 11.6 Å². The number of benzene rings is 1. The van der Waals surface area contributed by atoms with E-state index in [1.807, 2.05) is 36.1 Å². The van der Waals surface area contributed by atoms with Gasteiger partial charge in [-0.25, -0.2) is 0 Å². The Morgan fingerprint density at radius 3 is 2.80 bits per heavy atom. The number of likely N-dealkylation sites (tertiary alicyclic amines) is 1. The minimum atomic E-state index is -0.0242. The SMILES string of the molecule is CC(N)C1CCCCN1C(=O)c1cc(C2CC2)nc2ccc(Cl)cc12. The summed E-state index contributed by atoms with van der Waals surface area (Å²) in [7, 11) is 0. The van der Waals surface area contributed by atoms with Crippen molar-refractivity contribution in [3.8, 4) is 0 Å². The molecule has 1 aliphatic carbocycles. The van der Waals surface area contributed by atoms with Crippen LogP contribution in [0.2, 0.25) is 5.02 Å². The first-order valence-corrected chi connectivity index (χ1v) is 9.59. The van der Waals surface area contributed by atoms with Crippen molar-refractivity contribution in [1.82, 2.24) is 9.88 Å². The predicted octanol–water partition coefficient (Wildman–Crippen LogP) is 4.11. The van der Waals surface area contributed by atoms with Gasteiger partial charge in [-0.15, -0.1) is 0 Å². The van der Waals surface area contributed by atoms with Gasteiger partial charge in [0, 0.05) is 40.6 Å². The Hall–Kier alpha value is -1.65. The highest BCUT2D eigenvalue weighted by Crippen LogP contribution is 2.40. The van der Waals surface area contributed by atoms with Crippen LogP contribution in [-0.4, -0.2) is 34.4 Å². The number of nitrogens with two attached hydrogens (primary N) is 1. The molecule has 1 aromatic heterocycles. The van der Waals surface area contributed by atoms with Crippen molar-refractivity contribution in [2.45, 2.75) is 57.0 Å². The molecule has 4 nitrogen and oxygen atoms in total. The molecule has 2 unspecified atom stereocenters. The molecule has 4 rings (SSSR count). The van der Waals surface area contributed by atoms with Crippen LogP contribution in [0.4, 0.5) is 0 Å². The van der Waals surface area contributed by atoms with E-state index in [1.54, 1.807) is 0 Å². The Balaban J connectivity index is 1.80. The largest absolute Gasteiger partial charge is 0.334 e. The van der Waals surface area contributed by atoms with Crippen LogP contribution in [0.3, 0.4) is 0 Å². The molecule has 1 aromatic carbocycles. The number of halogens is 1. The summed E-state index contributed by atoms with van der Waals surface area (Å²) >= 11 is 6.20. The smallest absolute Gasteiger partial charge is 0.254 e. The molecule has 0 bridgehead atoms. The van der Waals surface area contributed by atoms with Crippen molar-refractivity contribution in [2.75, 3.05) is 6.54 Å². The molecule has 1 amide bonds. The van der Waals surface area contributed by atoms with E-state index in [9.17, 15) is 4.79 Å². The van der Waals surface area contributed by atoms with Crippen LogP contribution >= 0.6 is 11.6 Å². The lowest BCUT2D eigenvalue weighted by molar-refractivity contribution is 0.0585. The molecule has 2 N–H and O–H groups in total. The van der Waals surface area contributed by atoms with E-state index < -0.39 is 0 Å². The molecule has 2 atom stereocenters. The number of rotatable bonds is 3. The first-order chi connectivity index (χ1) is 12.0. The van der Waals surface area contributed by atoms with Crippen LogP contribution in [0.1, 0.15) is 61.0 Å². The topological polar surface area (TPSA) is 59.2 Å². The highest BCUT2D eigenvalue weighted by molar-refractivity contribution is 6.31. The van der Waals surface area contributed by atoms with Gasteiger partial charge in [0.2, 0.25) is 0 Å². The summed E-state index contributed by atoms with van der Waals surface area (Å²) < 4.78 is 0. The lowest BCUT2D eigenvalue weighted by Gasteiger charge is -2.38. The van der Waals surface area contributed by atoms with Crippen LogP contribution in [0.15, 0.2) is 24.3 Å². The van der Waals surface area contributed by atoms with E-state index in [4.69, 9.17) is 22.3 Å². The standard InChI is InChI=1S/C20H24ClN3O/c1-12(22)19-4-2-3-9-24(19)20(25)16-11-18(13-5-6-13)23-17-8-7-14(21)10-15(16)17/h7-8,10-13,19H,2-6,9,22H2,1H3. The van der Waals surface area contributed by atoms with Crippen molar-refractivity contribution < 1.29 is 4.79 Å². The zero-order chi connectivity index (χ0) is 17.6. The molecule has 5 heteroatoms. The molecule has 2 fully saturated rings. The van der Waals surface area contributed by atoms with Crippen LogP contribution < -0.4 is 5.73 Å². The fraction of sp³-hybridized carbons (Fsp3) is 0.500. The van der Waals surface area contributed by atoms with Gasteiger partial charge in [-0.3, -0.25) is 9.78 Å². The van der Waals surface area contributed by atoms with Crippen molar-refractivity contribution in [1.29, 1.82) is 0 Å². The molecular formula is C20H24ClN3O. The minimum Gasteiger partial charge on any atom is -0.334 e. The zero-order valence-corrected chi connectivity index (χ0v) is 15.3. The first-order valence-electron chi connectivity index (χ1n) is 9.21. The van der Waals surface area contributed by atoms with Gasteiger partial charge in [0.05, 0.1) is 11.1 Å². The second-order valence-electron chi connectivity index (χ2n) is 7.45. The molecule has 0 spiro atoms. The van der Waals surface area contributed by atoms with E-state index in [1.165, 1.54) is 0 Å². The Morgan fingerprint density at radius 2 is 2.08 bits per heavy atom. The maximum Gasteiger partial charge on any atom is 0.254 e. The second kappa shape index (κ2) is 6.58. The number of hydrogen-bond donors (Lipinski definition) is 1. The van der Waals surface area contributed by atoms with E-state index in [-0.39, 0.29) is 18.0 Å². The third-order valence-electron chi connectivity index (χ3n) is 5.43. The van der Waals surface area contributed by atoms with Gasteiger partial charge >= 0.3 is 0 Å². The molecule has 1 saturated carbocycles. The number of aromatic nitrogens is 1. The summed E-state index contributed by atoms with van der Waals surface area (Å²) in [6, 6.07) is 7.69. The van der Waals surface area contributed by atoms with Crippen LogP contribution in [0.5, 0.6) is 0 Å². The molecule has 1 aliphatic heterocycles. The van der Waals surface area contributed by atoms with Crippen molar-refractivity contribution in [3.63, 3.8) is 0 Å². The normalized spacial score (nSPS) is 22.2. The van der Waals surface area contributed by atoms with Crippen LogP contribution in [-0.2, 0) is 0 Å². The van der Waals surface area contributed by atoms with Gasteiger partial charge in [-0.2, -0.15) is 0 Å². The molecule has 1 saturated heterocycles. The van der Waals surface area contributed by atoms with Crippen LogP contribution in [0.25, 0.3) is 10.9 Å². The monoisotopic (exact) mass is 357 g/mol. The molecule has 2 heterocycles. The number of amides is 1. The van der Waals surface area contributed by atoms with Gasteiger partial charge < -0.3 is 10.6 Å². The Labute approximate surface area is 153 Å². The van der Waals surface area contributed by atoms with Gasteiger partial charge in [0.25, 0.3) is 5.91 Å². The molecule has 2 aromatic rings. The van der Waals surface area contributed by atoms with E-state index in [0.29, 0.717) is 10.9 Å². The lowest BCUT2D eigenvalue weighted by atomic mass is 9.95. The zero-order valence-electron chi connectivity index (χ0n) is 14.5. The second-order valence-corrected chi connectivity index (χ2v) is 7.89. The highest BCUT2D eigenvalue weighted by Gasteiger charge is 2.32. The fourth-order valence-corrected chi connectivity index (χ4v) is 4.07. The van der Waals surface area contributed by atoms with Gasteiger partial charge in [0.1, 0.15) is 0 Å². The maximum absolute atomic E-state index is 13.4. The summed E-state index contributed by atoms with van der Waals surface area (Å²) in [6.07, 6.45) is 5.46. The highest BCUT2D eigenvalue weighted by atomic mass is 35.5. The summed E-state index contributed by atoms with van der Waals surface area (Å²) in [5.41, 5.74) is 8.78. The maximum atomic E-state index is 13.4. The number of hydrogen-bond acceptors (Lipinski definition) is 3. The summed E-state index contributed by atoms with van der Waals surface area (Å²) in [5, 5.41) is 1.47. The molecule has 132 valence electrons. The molecule has 25 heavy (non-hydrogen) atoms. The number of piperidine rings is 1. The average molecular weight is 358 g/mol. The summed E-state index contributed by atoms with van der Waals surface area (Å²) in [4.78, 5) is 20.2. The van der Waals surface area contributed by atoms with E-state index in [2.05, 4.69) is 0 Å². The van der Waals surface area contributed by atoms with E-state index in [0.717, 1.165) is 60.8 Å². The van der Waals surface area contributed by atoms with Crippen molar-refractivity contribution in [3.05, 3.63) is 40.5 Å². The third-order valence-corrected chi connectivity index (χ3v) is 5.67. The quantitative estimate of drug-likeness (QED) is 0.899. The first kappa shape index (κ1) is 16.8. The Kier molecular flexibility index (Phi) is 4.42. The summed E-state index contributed by atoms with van der Waals surface area (Å²) in [6.45, 7) is 2.77. The van der Waals surface area contributed by atoms with Gasteiger partial charge in [0.15, 0.2) is 0 Å². The van der Waals surface area contributed by atoms with Crippen LogP contribution in [0, 0.1) is 0 Å². The molecule has 0 radical (unpaired) electrons. The summed E-state index contributed by atoms with van der Waals surface area (Å²) in [5.74, 6) is 0.566. The Morgan fingerprint density at radius 1 is 1.28 bits per heavy atom. The van der Waals surface area contributed by atoms with Crippen molar-refractivity contribution >= 4 is 28.4 Å². The predicted molar refractivity (Wildman–Crippen MR) is 101 cm³/mol. The van der Waals surface area contributed by atoms with E-state index >= 15 is 0 Å². The van der Waals surface area contributed by atoms with Gasteiger partial charge in [-0.05, 0) is 63.3 Å². The number of carbonyl (C=O) groups excluding carboxylic acids is 1. The average Bonchev–Trinajstić information content (AvgIpc) is 3.45.